The number of hydrogen-bond acceptors (Lipinski definition) is 3. The fourth-order valence-electron chi connectivity index (χ4n) is 3.13. The minimum absolute atomic E-state index is 0.0256. The van der Waals surface area contributed by atoms with Crippen LogP contribution in [0.3, 0.4) is 0 Å². The van der Waals surface area contributed by atoms with Crippen LogP contribution in [0.1, 0.15) is 50.4 Å². The van der Waals surface area contributed by atoms with Gasteiger partial charge in [0.05, 0.1) is 5.56 Å². The molecule has 1 aromatic carbocycles. The highest BCUT2D eigenvalue weighted by Gasteiger charge is 2.33. The molecule has 116 valence electrons. The molecule has 1 fully saturated rings. The minimum Gasteiger partial charge on any atom is -0.458 e. The Balaban J connectivity index is 2.12. The van der Waals surface area contributed by atoms with Crippen molar-refractivity contribution in [3.05, 3.63) is 28.2 Å². The number of carbonyl (C=O) groups is 1. The Labute approximate surface area is 141 Å². The summed E-state index contributed by atoms with van der Waals surface area (Å²) in [6.07, 6.45) is 3.36. The van der Waals surface area contributed by atoms with Crippen LogP contribution in [0.5, 0.6) is 0 Å². The van der Waals surface area contributed by atoms with Crippen molar-refractivity contribution in [1.82, 2.24) is 0 Å². The standard InChI is InChI=1S/C17H23BrO2S/c1-10(2)13-6-4-11(3)8-15(13)20-17(19)14-7-5-12(18)9-16(14)21/h5,7,9-11,13,15,21H,4,6,8H2,1-3H3. The first-order valence-corrected chi connectivity index (χ1v) is 8.82. The summed E-state index contributed by atoms with van der Waals surface area (Å²) < 4.78 is 6.75. The molecule has 1 aromatic rings. The second-order valence-corrected chi connectivity index (χ2v) is 7.83. The Morgan fingerprint density at radius 1 is 1.38 bits per heavy atom. The van der Waals surface area contributed by atoms with Crippen LogP contribution in [0, 0.1) is 17.8 Å². The average molecular weight is 371 g/mol. The molecule has 0 radical (unpaired) electrons. The number of esters is 1. The molecule has 0 spiro atoms. The minimum atomic E-state index is -0.253. The molecule has 0 N–H and O–H groups in total. The van der Waals surface area contributed by atoms with Gasteiger partial charge < -0.3 is 4.74 Å². The van der Waals surface area contributed by atoms with E-state index in [1.165, 1.54) is 6.42 Å². The van der Waals surface area contributed by atoms with Crippen molar-refractivity contribution >= 4 is 34.5 Å². The van der Waals surface area contributed by atoms with Gasteiger partial charge in [-0.1, -0.05) is 43.1 Å². The topological polar surface area (TPSA) is 26.3 Å². The summed E-state index contributed by atoms with van der Waals surface area (Å²) in [5.41, 5.74) is 0.544. The molecular formula is C17H23BrO2S. The molecule has 1 aliphatic carbocycles. The van der Waals surface area contributed by atoms with Crippen LogP contribution in [0.4, 0.5) is 0 Å². The van der Waals surface area contributed by atoms with Gasteiger partial charge in [-0.25, -0.2) is 4.79 Å². The van der Waals surface area contributed by atoms with Crippen LogP contribution < -0.4 is 0 Å². The Morgan fingerprint density at radius 3 is 2.71 bits per heavy atom. The van der Waals surface area contributed by atoms with Crippen LogP contribution in [0.15, 0.2) is 27.6 Å². The molecule has 3 unspecified atom stereocenters. The number of rotatable bonds is 3. The number of benzene rings is 1. The maximum atomic E-state index is 12.4. The van der Waals surface area contributed by atoms with Gasteiger partial charge in [-0.2, -0.15) is 0 Å². The number of thiol groups is 1. The van der Waals surface area contributed by atoms with Crippen molar-refractivity contribution in [2.45, 2.75) is 51.0 Å². The summed E-state index contributed by atoms with van der Waals surface area (Å²) >= 11 is 7.75. The lowest BCUT2D eigenvalue weighted by atomic mass is 9.75. The second kappa shape index (κ2) is 7.19. The van der Waals surface area contributed by atoms with Gasteiger partial charge in [0.15, 0.2) is 0 Å². The van der Waals surface area contributed by atoms with Crippen molar-refractivity contribution in [1.29, 1.82) is 0 Å². The first kappa shape index (κ1) is 16.9. The zero-order valence-corrected chi connectivity index (χ0v) is 15.3. The molecule has 3 atom stereocenters. The van der Waals surface area contributed by atoms with Crippen LogP contribution >= 0.6 is 28.6 Å². The lowest BCUT2D eigenvalue weighted by Gasteiger charge is -2.36. The summed E-state index contributed by atoms with van der Waals surface area (Å²) in [5, 5.41) is 0. The highest BCUT2D eigenvalue weighted by Crippen LogP contribution is 2.36. The van der Waals surface area contributed by atoms with E-state index in [0.717, 1.165) is 17.3 Å². The van der Waals surface area contributed by atoms with Gasteiger partial charge in [-0.3, -0.25) is 0 Å². The van der Waals surface area contributed by atoms with Gasteiger partial charge in [0, 0.05) is 9.37 Å². The summed E-state index contributed by atoms with van der Waals surface area (Å²) in [6, 6.07) is 5.44. The summed E-state index contributed by atoms with van der Waals surface area (Å²) in [4.78, 5) is 13.1. The van der Waals surface area contributed by atoms with Crippen molar-refractivity contribution < 1.29 is 9.53 Å². The summed E-state index contributed by atoms with van der Waals surface area (Å²) in [5.74, 6) is 1.37. The number of halogens is 1. The van der Waals surface area contributed by atoms with E-state index < -0.39 is 0 Å². The maximum absolute atomic E-state index is 12.4. The highest BCUT2D eigenvalue weighted by atomic mass is 79.9. The average Bonchev–Trinajstić information content (AvgIpc) is 2.37. The Hall–Kier alpha value is -0.480. The zero-order chi connectivity index (χ0) is 15.6. The van der Waals surface area contributed by atoms with E-state index in [4.69, 9.17) is 4.74 Å². The van der Waals surface area contributed by atoms with E-state index in [0.29, 0.717) is 28.2 Å². The van der Waals surface area contributed by atoms with Crippen LogP contribution in [-0.2, 0) is 4.74 Å². The van der Waals surface area contributed by atoms with E-state index in [2.05, 4.69) is 49.3 Å². The molecule has 0 bridgehead atoms. The van der Waals surface area contributed by atoms with Crippen LogP contribution in [0.25, 0.3) is 0 Å². The quantitative estimate of drug-likeness (QED) is 0.572. The molecule has 1 saturated carbocycles. The van der Waals surface area contributed by atoms with Gasteiger partial charge in [-0.15, -0.1) is 12.6 Å². The van der Waals surface area contributed by atoms with Gasteiger partial charge in [0.2, 0.25) is 0 Å². The molecule has 2 rings (SSSR count). The van der Waals surface area contributed by atoms with Gasteiger partial charge in [0.25, 0.3) is 0 Å². The molecule has 0 saturated heterocycles. The Bertz CT molecular complexity index is 516. The molecule has 0 amide bonds. The fraction of sp³-hybridized carbons (Fsp3) is 0.588. The Morgan fingerprint density at radius 2 is 2.10 bits per heavy atom. The smallest absolute Gasteiger partial charge is 0.339 e. The third-order valence-electron chi connectivity index (χ3n) is 4.40. The number of ether oxygens (including phenoxy) is 1. The fourth-order valence-corrected chi connectivity index (χ4v) is 3.97. The van der Waals surface area contributed by atoms with Crippen LogP contribution in [-0.4, -0.2) is 12.1 Å². The third-order valence-corrected chi connectivity index (χ3v) is 5.26. The third kappa shape index (κ3) is 4.26. The molecular weight excluding hydrogens is 348 g/mol. The van der Waals surface area contributed by atoms with E-state index in [1.807, 2.05) is 12.1 Å². The lowest BCUT2D eigenvalue weighted by Crippen LogP contribution is -2.35. The first-order chi connectivity index (χ1) is 9.88. The molecule has 4 heteroatoms. The first-order valence-electron chi connectivity index (χ1n) is 7.58. The number of carbonyl (C=O) groups excluding carboxylic acids is 1. The normalized spacial score (nSPS) is 25.9. The van der Waals surface area contributed by atoms with Crippen molar-refractivity contribution in [2.75, 3.05) is 0 Å². The predicted octanol–water partition coefficient (Wildman–Crippen LogP) is 5.36. The van der Waals surface area contributed by atoms with E-state index in [-0.39, 0.29) is 12.1 Å². The summed E-state index contributed by atoms with van der Waals surface area (Å²) in [7, 11) is 0. The van der Waals surface area contributed by atoms with Gasteiger partial charge >= 0.3 is 5.97 Å². The molecule has 21 heavy (non-hydrogen) atoms. The molecule has 0 aromatic heterocycles. The van der Waals surface area contributed by atoms with Crippen molar-refractivity contribution in [3.63, 3.8) is 0 Å². The van der Waals surface area contributed by atoms with Gasteiger partial charge in [-0.05, 0) is 48.8 Å². The highest BCUT2D eigenvalue weighted by molar-refractivity contribution is 9.10. The van der Waals surface area contributed by atoms with Crippen molar-refractivity contribution in [2.24, 2.45) is 17.8 Å². The largest absolute Gasteiger partial charge is 0.458 e. The molecule has 0 aliphatic heterocycles. The van der Waals surface area contributed by atoms with Gasteiger partial charge in [0.1, 0.15) is 6.10 Å². The SMILES string of the molecule is CC1CCC(C(C)C)C(OC(=O)c2ccc(Br)cc2S)C1. The van der Waals surface area contributed by atoms with E-state index in [9.17, 15) is 4.79 Å². The monoisotopic (exact) mass is 370 g/mol. The lowest BCUT2D eigenvalue weighted by molar-refractivity contribution is -0.0177. The zero-order valence-electron chi connectivity index (χ0n) is 12.8. The molecule has 1 aliphatic rings. The van der Waals surface area contributed by atoms with E-state index in [1.54, 1.807) is 6.07 Å². The molecule has 0 heterocycles. The second-order valence-electron chi connectivity index (χ2n) is 6.43. The predicted molar refractivity (Wildman–Crippen MR) is 91.9 cm³/mol. The maximum Gasteiger partial charge on any atom is 0.339 e. The Kier molecular flexibility index (Phi) is 5.78. The van der Waals surface area contributed by atoms with Crippen molar-refractivity contribution in [3.8, 4) is 0 Å². The molecule has 2 nitrogen and oxygen atoms in total. The van der Waals surface area contributed by atoms with Crippen LogP contribution in [0.2, 0.25) is 0 Å². The van der Waals surface area contributed by atoms with E-state index >= 15 is 0 Å². The summed E-state index contributed by atoms with van der Waals surface area (Å²) in [6.45, 7) is 6.66. The number of hydrogen-bond donors (Lipinski definition) is 1.